The molecule has 0 unspecified atom stereocenters. The van der Waals surface area contributed by atoms with E-state index < -0.39 is 0 Å². The van der Waals surface area contributed by atoms with Gasteiger partial charge < -0.3 is 15.0 Å². The maximum atomic E-state index is 12.4. The van der Waals surface area contributed by atoms with Crippen LogP contribution in [0.25, 0.3) is 10.8 Å². The minimum Gasteiger partial charge on any atom is -0.497 e. The van der Waals surface area contributed by atoms with Gasteiger partial charge >= 0.3 is 0 Å². The van der Waals surface area contributed by atoms with E-state index in [1.165, 1.54) is 28.6 Å². The lowest BCUT2D eigenvalue weighted by Crippen LogP contribution is -2.25. The topological polar surface area (TPSA) is 84.1 Å². The summed E-state index contributed by atoms with van der Waals surface area (Å²) in [6.45, 7) is 0.377. The van der Waals surface area contributed by atoms with E-state index >= 15 is 0 Å². The van der Waals surface area contributed by atoms with Crippen LogP contribution in [0.15, 0.2) is 82.7 Å². The van der Waals surface area contributed by atoms with Gasteiger partial charge in [-0.3, -0.25) is 9.59 Å². The van der Waals surface area contributed by atoms with Crippen molar-refractivity contribution in [2.45, 2.75) is 23.9 Å². The van der Waals surface area contributed by atoms with Crippen LogP contribution in [0.3, 0.4) is 0 Å². The summed E-state index contributed by atoms with van der Waals surface area (Å²) in [6, 6.07) is 23.2. The van der Waals surface area contributed by atoms with Crippen molar-refractivity contribution in [1.29, 1.82) is 0 Å². The quantitative estimate of drug-likeness (QED) is 0.315. The van der Waals surface area contributed by atoms with E-state index in [-0.39, 0.29) is 17.9 Å². The number of aromatic amines is 1. The lowest BCUT2D eigenvalue weighted by molar-refractivity contribution is -0.120. The molecule has 0 aliphatic rings. The molecule has 3 aromatic carbocycles. The molecule has 0 saturated carbocycles. The fourth-order valence-electron chi connectivity index (χ4n) is 3.42. The predicted molar refractivity (Wildman–Crippen MR) is 127 cm³/mol. The Bertz CT molecular complexity index is 1300. The number of nitrogens with one attached hydrogen (secondary N) is 2. The second-order valence-electron chi connectivity index (χ2n) is 7.27. The molecule has 162 valence electrons. The Kier molecular flexibility index (Phi) is 6.87. The number of aromatic nitrogens is 2. The summed E-state index contributed by atoms with van der Waals surface area (Å²) in [4.78, 5) is 31.7. The third-order valence-electron chi connectivity index (χ3n) is 4.98. The number of fused-ring (bicyclic) bond motifs is 1. The van der Waals surface area contributed by atoms with Crippen molar-refractivity contribution in [3.63, 3.8) is 0 Å². The molecule has 0 aliphatic carbocycles. The molecule has 2 N–H and O–H groups in total. The summed E-state index contributed by atoms with van der Waals surface area (Å²) in [7, 11) is 1.60. The minimum absolute atomic E-state index is 0.0374. The zero-order valence-corrected chi connectivity index (χ0v) is 18.4. The van der Waals surface area contributed by atoms with Crippen LogP contribution in [0.5, 0.6) is 5.75 Å². The van der Waals surface area contributed by atoms with Crippen LogP contribution in [0.2, 0.25) is 0 Å². The molecule has 0 aliphatic heterocycles. The van der Waals surface area contributed by atoms with E-state index in [2.05, 4.69) is 39.6 Å². The third kappa shape index (κ3) is 5.56. The van der Waals surface area contributed by atoms with Gasteiger partial charge in [0.2, 0.25) is 5.91 Å². The number of ether oxygens (including phenoxy) is 1. The monoisotopic (exact) mass is 445 g/mol. The molecule has 7 heteroatoms. The number of benzene rings is 3. The van der Waals surface area contributed by atoms with E-state index in [9.17, 15) is 9.59 Å². The van der Waals surface area contributed by atoms with Crippen LogP contribution in [0, 0.1) is 0 Å². The molecule has 0 radical (unpaired) electrons. The van der Waals surface area contributed by atoms with Gasteiger partial charge in [0.05, 0.1) is 19.2 Å². The standard InChI is InChI=1S/C25H23N3O3S/c1-31-21-10-4-6-17(12-21)15-26-23(29)13-20-14-24(30)28-25(27-20)32-16-19-9-5-8-18-7-2-3-11-22(18)19/h2-12,14H,13,15-16H2,1H3,(H,26,29)(H,27,28,30). The van der Waals surface area contributed by atoms with E-state index in [1.54, 1.807) is 7.11 Å². The van der Waals surface area contributed by atoms with Gasteiger partial charge in [0.25, 0.3) is 5.56 Å². The molecule has 0 atom stereocenters. The van der Waals surface area contributed by atoms with Crippen molar-refractivity contribution >= 4 is 28.4 Å². The number of hydrogen-bond acceptors (Lipinski definition) is 5. The van der Waals surface area contributed by atoms with E-state index in [4.69, 9.17) is 4.74 Å². The Morgan fingerprint density at radius 3 is 2.75 bits per heavy atom. The molecule has 0 bridgehead atoms. The van der Waals surface area contributed by atoms with Crippen LogP contribution in [0.4, 0.5) is 0 Å². The van der Waals surface area contributed by atoms with E-state index in [0.717, 1.165) is 16.9 Å². The first-order chi connectivity index (χ1) is 15.6. The van der Waals surface area contributed by atoms with Gasteiger partial charge in [0, 0.05) is 18.4 Å². The summed E-state index contributed by atoms with van der Waals surface area (Å²) < 4.78 is 5.20. The lowest BCUT2D eigenvalue weighted by Gasteiger charge is -2.08. The average Bonchev–Trinajstić information content (AvgIpc) is 2.81. The van der Waals surface area contributed by atoms with Crippen molar-refractivity contribution in [3.8, 4) is 5.75 Å². The van der Waals surface area contributed by atoms with Gasteiger partial charge in [0.1, 0.15) is 5.75 Å². The molecule has 0 spiro atoms. The fourth-order valence-corrected chi connectivity index (χ4v) is 4.32. The maximum absolute atomic E-state index is 12.4. The Labute approximate surface area is 190 Å². The van der Waals surface area contributed by atoms with Crippen LogP contribution >= 0.6 is 11.8 Å². The fraction of sp³-hybridized carbons (Fsp3) is 0.160. The van der Waals surface area contributed by atoms with Crippen molar-refractivity contribution < 1.29 is 9.53 Å². The SMILES string of the molecule is COc1cccc(CNC(=O)Cc2cc(=O)[nH]c(SCc3cccc4ccccc34)n2)c1. The van der Waals surface area contributed by atoms with Crippen molar-refractivity contribution in [2.24, 2.45) is 0 Å². The molecule has 32 heavy (non-hydrogen) atoms. The molecule has 1 heterocycles. The number of rotatable bonds is 8. The molecule has 1 aromatic heterocycles. The Hall–Kier alpha value is -3.58. The maximum Gasteiger partial charge on any atom is 0.251 e. The molecule has 4 rings (SSSR count). The second kappa shape index (κ2) is 10.2. The van der Waals surface area contributed by atoms with Gasteiger partial charge in [-0.2, -0.15) is 0 Å². The third-order valence-corrected chi connectivity index (χ3v) is 5.90. The zero-order valence-electron chi connectivity index (χ0n) is 17.6. The normalized spacial score (nSPS) is 10.8. The summed E-state index contributed by atoms with van der Waals surface area (Å²) in [5.41, 5.74) is 2.27. The highest BCUT2D eigenvalue weighted by molar-refractivity contribution is 7.98. The molecule has 6 nitrogen and oxygen atoms in total. The van der Waals surface area contributed by atoms with Gasteiger partial charge in [0.15, 0.2) is 5.16 Å². The summed E-state index contributed by atoms with van der Waals surface area (Å²) in [6.07, 6.45) is 0.0374. The van der Waals surface area contributed by atoms with E-state index in [1.807, 2.05) is 42.5 Å². The van der Waals surface area contributed by atoms with Gasteiger partial charge in [-0.15, -0.1) is 0 Å². The minimum atomic E-state index is -0.268. The molecular formula is C25H23N3O3S. The molecule has 1 amide bonds. The molecule has 4 aromatic rings. The van der Waals surface area contributed by atoms with Crippen molar-refractivity contribution in [2.75, 3.05) is 7.11 Å². The zero-order chi connectivity index (χ0) is 22.3. The first-order valence-corrected chi connectivity index (χ1v) is 11.2. The summed E-state index contributed by atoms with van der Waals surface area (Å²) in [5.74, 6) is 1.20. The highest BCUT2D eigenvalue weighted by atomic mass is 32.2. The highest BCUT2D eigenvalue weighted by Gasteiger charge is 2.09. The lowest BCUT2D eigenvalue weighted by atomic mass is 10.1. The van der Waals surface area contributed by atoms with Crippen LogP contribution in [-0.4, -0.2) is 23.0 Å². The summed E-state index contributed by atoms with van der Waals surface area (Å²) in [5, 5.41) is 5.72. The smallest absolute Gasteiger partial charge is 0.251 e. The van der Waals surface area contributed by atoms with Crippen molar-refractivity contribution in [3.05, 3.63) is 100.0 Å². The molecule has 0 fully saturated rings. The first kappa shape index (κ1) is 21.6. The number of carbonyl (C=O) groups is 1. The number of carbonyl (C=O) groups excluding carboxylic acids is 1. The number of amides is 1. The Morgan fingerprint density at radius 1 is 1.06 bits per heavy atom. The molecule has 0 saturated heterocycles. The van der Waals surface area contributed by atoms with Crippen LogP contribution < -0.4 is 15.6 Å². The largest absolute Gasteiger partial charge is 0.497 e. The van der Waals surface area contributed by atoms with Gasteiger partial charge in [-0.25, -0.2) is 4.98 Å². The summed E-state index contributed by atoms with van der Waals surface area (Å²) >= 11 is 1.45. The van der Waals surface area contributed by atoms with Gasteiger partial charge in [-0.1, -0.05) is 66.4 Å². The molecular weight excluding hydrogens is 422 g/mol. The van der Waals surface area contributed by atoms with Gasteiger partial charge in [-0.05, 0) is 34.0 Å². The number of H-pyrrole nitrogens is 1. The van der Waals surface area contributed by atoms with E-state index in [0.29, 0.717) is 23.1 Å². The van der Waals surface area contributed by atoms with Crippen molar-refractivity contribution in [1.82, 2.24) is 15.3 Å². The number of thioether (sulfide) groups is 1. The highest BCUT2D eigenvalue weighted by Crippen LogP contribution is 2.25. The predicted octanol–water partition coefficient (Wildman–Crippen LogP) is 4.08. The van der Waals surface area contributed by atoms with Crippen LogP contribution in [0.1, 0.15) is 16.8 Å². The van der Waals surface area contributed by atoms with Crippen LogP contribution in [-0.2, 0) is 23.5 Å². The number of methoxy groups -OCH3 is 1. The number of hydrogen-bond donors (Lipinski definition) is 2. The second-order valence-corrected chi connectivity index (χ2v) is 8.24. The Balaban J connectivity index is 1.39. The Morgan fingerprint density at radius 2 is 1.88 bits per heavy atom. The average molecular weight is 446 g/mol. The first-order valence-electron chi connectivity index (χ1n) is 10.2. The number of nitrogens with zero attached hydrogens (tertiary/aromatic N) is 1.